The molecule has 0 spiro atoms. The Hall–Kier alpha value is -2.10. The van der Waals surface area contributed by atoms with Crippen LogP contribution in [-0.4, -0.2) is 16.8 Å². The number of fused-ring (bicyclic) bond motifs is 1. The molecule has 1 aromatic carbocycles. The number of nitrogens with two attached hydrogens (primary N) is 1. The lowest BCUT2D eigenvalue weighted by Gasteiger charge is -2.35. The highest BCUT2D eigenvalue weighted by Gasteiger charge is 2.28. The lowest BCUT2D eigenvalue weighted by molar-refractivity contribution is -0.119. The van der Waals surface area contributed by atoms with Gasteiger partial charge in [0.25, 0.3) is 0 Å². The van der Waals surface area contributed by atoms with E-state index < -0.39 is 0 Å². The third-order valence-electron chi connectivity index (χ3n) is 4.66. The van der Waals surface area contributed by atoms with Crippen molar-refractivity contribution in [2.75, 3.05) is 0 Å². The Bertz CT molecular complexity index is 674. The Morgan fingerprint density at radius 2 is 2.05 bits per heavy atom. The molecule has 1 aliphatic carbocycles. The molecule has 116 valence electrons. The van der Waals surface area contributed by atoms with Crippen LogP contribution < -0.4 is 16.3 Å². The number of amides is 1. The summed E-state index contributed by atoms with van der Waals surface area (Å²) in [5.74, 6) is 0.291. The Morgan fingerprint density at radius 1 is 1.27 bits per heavy atom. The summed E-state index contributed by atoms with van der Waals surface area (Å²) >= 11 is 0. The molecule has 2 aliphatic rings. The predicted molar refractivity (Wildman–Crippen MR) is 86.8 cm³/mol. The molecule has 4 heteroatoms. The molecule has 0 bridgehead atoms. The summed E-state index contributed by atoms with van der Waals surface area (Å²) in [7, 11) is 0. The van der Waals surface area contributed by atoms with Crippen LogP contribution in [0.4, 0.5) is 0 Å². The number of primary amides is 1. The van der Waals surface area contributed by atoms with E-state index in [-0.39, 0.29) is 11.9 Å². The van der Waals surface area contributed by atoms with Crippen molar-refractivity contribution in [3.63, 3.8) is 0 Å². The summed E-state index contributed by atoms with van der Waals surface area (Å²) in [6, 6.07) is 8.19. The monoisotopic (exact) mass is 297 g/mol. The van der Waals surface area contributed by atoms with Crippen molar-refractivity contribution in [1.29, 1.82) is 0 Å². The molecule has 1 unspecified atom stereocenters. The topological polar surface area (TPSA) is 58.7 Å². The molecule has 0 radical (unpaired) electrons. The Morgan fingerprint density at radius 3 is 2.82 bits per heavy atom. The molecule has 0 saturated heterocycles. The number of nitrogens with zero attached hydrogens (tertiary/aromatic N) is 2. The number of carbonyl (C=O) groups excluding carboxylic acids is 1. The number of hydrogen-bond donors (Lipinski definition) is 1. The van der Waals surface area contributed by atoms with Gasteiger partial charge in [-0.3, -0.25) is 9.79 Å². The summed E-state index contributed by atoms with van der Waals surface area (Å²) in [4.78, 5) is 18.2. The van der Waals surface area contributed by atoms with Crippen molar-refractivity contribution >= 4 is 12.1 Å². The second-order valence-electron chi connectivity index (χ2n) is 6.20. The molecule has 4 nitrogen and oxygen atoms in total. The molecular formula is C18H23N3O. The van der Waals surface area contributed by atoms with Gasteiger partial charge in [0.05, 0.1) is 5.36 Å². The van der Waals surface area contributed by atoms with Crippen molar-refractivity contribution in [2.24, 2.45) is 16.6 Å². The quantitative estimate of drug-likeness (QED) is 0.919. The van der Waals surface area contributed by atoms with Gasteiger partial charge in [0.1, 0.15) is 0 Å². The second kappa shape index (κ2) is 6.77. The fourth-order valence-corrected chi connectivity index (χ4v) is 3.56. The predicted octanol–water partition coefficient (Wildman–Crippen LogP) is 1.66. The van der Waals surface area contributed by atoms with E-state index in [0.29, 0.717) is 12.3 Å². The van der Waals surface area contributed by atoms with Gasteiger partial charge in [-0.05, 0) is 24.8 Å². The minimum Gasteiger partial charge on any atom is -0.370 e. The van der Waals surface area contributed by atoms with Crippen LogP contribution >= 0.6 is 0 Å². The van der Waals surface area contributed by atoms with Gasteiger partial charge >= 0.3 is 0 Å². The zero-order valence-electron chi connectivity index (χ0n) is 12.8. The Kier molecular flexibility index (Phi) is 4.56. The largest absolute Gasteiger partial charge is 0.370 e. The second-order valence-corrected chi connectivity index (χ2v) is 6.20. The number of para-hydroxylation sites is 1. The van der Waals surface area contributed by atoms with Gasteiger partial charge in [-0.15, -0.1) is 0 Å². The van der Waals surface area contributed by atoms with Crippen LogP contribution in [0.15, 0.2) is 41.7 Å². The highest BCUT2D eigenvalue weighted by Crippen LogP contribution is 2.31. The average molecular weight is 297 g/mol. The maximum absolute atomic E-state index is 11.6. The first kappa shape index (κ1) is 14.8. The highest BCUT2D eigenvalue weighted by atomic mass is 16.1. The van der Waals surface area contributed by atoms with Crippen LogP contribution in [0, 0.1) is 5.92 Å². The summed E-state index contributed by atoms with van der Waals surface area (Å²) in [5.41, 5.74) is 5.51. The summed E-state index contributed by atoms with van der Waals surface area (Å²) < 4.78 is 0. The maximum atomic E-state index is 11.6. The first-order chi connectivity index (χ1) is 10.7. The SMILES string of the molecule is NC(=O)CC(C1CCCCC1)N1C=CN=c2ccccc2=C1. The van der Waals surface area contributed by atoms with Crippen molar-refractivity contribution in [2.45, 2.75) is 44.6 Å². The zero-order valence-corrected chi connectivity index (χ0v) is 12.8. The van der Waals surface area contributed by atoms with Gasteiger partial charge in [-0.2, -0.15) is 0 Å². The number of hydrogen-bond acceptors (Lipinski definition) is 3. The molecule has 0 aromatic heterocycles. The fourth-order valence-electron chi connectivity index (χ4n) is 3.56. The van der Waals surface area contributed by atoms with Crippen molar-refractivity contribution in [3.05, 3.63) is 47.2 Å². The number of rotatable bonds is 4. The van der Waals surface area contributed by atoms with Gasteiger partial charge in [0.2, 0.25) is 5.91 Å². The lowest BCUT2D eigenvalue weighted by Crippen LogP contribution is -2.40. The molecule has 1 aliphatic heterocycles. The fraction of sp³-hybridized carbons (Fsp3) is 0.444. The van der Waals surface area contributed by atoms with E-state index in [1.165, 1.54) is 32.1 Å². The average Bonchev–Trinajstić information content (AvgIpc) is 2.75. The van der Waals surface area contributed by atoms with Crippen LogP contribution in [0.1, 0.15) is 38.5 Å². The Labute approximate surface area is 131 Å². The van der Waals surface area contributed by atoms with E-state index in [2.05, 4.69) is 22.2 Å². The summed E-state index contributed by atoms with van der Waals surface area (Å²) in [5, 5.41) is 2.04. The van der Waals surface area contributed by atoms with Gasteiger partial charge in [-0.25, -0.2) is 0 Å². The van der Waals surface area contributed by atoms with Gasteiger partial charge in [-0.1, -0.05) is 37.5 Å². The van der Waals surface area contributed by atoms with Crippen LogP contribution in [0.2, 0.25) is 0 Å². The number of benzene rings is 1. The third-order valence-corrected chi connectivity index (χ3v) is 4.66. The smallest absolute Gasteiger partial charge is 0.219 e. The van der Waals surface area contributed by atoms with Gasteiger partial charge in [0.15, 0.2) is 0 Å². The third kappa shape index (κ3) is 3.38. The molecule has 1 amide bonds. The van der Waals surface area contributed by atoms with E-state index in [1.807, 2.05) is 30.6 Å². The van der Waals surface area contributed by atoms with Crippen LogP contribution in [-0.2, 0) is 4.79 Å². The summed E-state index contributed by atoms with van der Waals surface area (Å²) in [6.45, 7) is 0. The lowest BCUT2D eigenvalue weighted by atomic mass is 9.82. The molecule has 1 aromatic rings. The zero-order chi connectivity index (χ0) is 15.4. The van der Waals surface area contributed by atoms with Gasteiger partial charge < -0.3 is 10.6 Å². The first-order valence-corrected chi connectivity index (χ1v) is 8.11. The number of carbonyl (C=O) groups is 1. The van der Waals surface area contributed by atoms with E-state index in [1.54, 1.807) is 0 Å². The van der Waals surface area contributed by atoms with E-state index in [0.717, 1.165) is 10.6 Å². The van der Waals surface area contributed by atoms with Crippen LogP contribution in [0.5, 0.6) is 0 Å². The normalized spacial score (nSPS) is 19.5. The summed E-state index contributed by atoms with van der Waals surface area (Å²) in [6.07, 6.45) is 12.4. The Balaban J connectivity index is 1.93. The molecular weight excluding hydrogens is 274 g/mol. The van der Waals surface area contributed by atoms with E-state index in [4.69, 9.17) is 5.73 Å². The van der Waals surface area contributed by atoms with Crippen molar-refractivity contribution < 1.29 is 4.79 Å². The van der Waals surface area contributed by atoms with Crippen molar-refractivity contribution in [1.82, 2.24) is 4.90 Å². The molecule has 22 heavy (non-hydrogen) atoms. The minimum atomic E-state index is -0.230. The molecule has 1 saturated carbocycles. The van der Waals surface area contributed by atoms with E-state index in [9.17, 15) is 4.79 Å². The molecule has 1 atom stereocenters. The first-order valence-electron chi connectivity index (χ1n) is 8.11. The van der Waals surface area contributed by atoms with Crippen LogP contribution in [0.25, 0.3) is 6.20 Å². The minimum absolute atomic E-state index is 0.135. The van der Waals surface area contributed by atoms with Gasteiger partial charge in [0, 0.05) is 36.3 Å². The standard InChI is InChI=1S/C18H23N3O/c19-18(22)12-17(14-6-2-1-3-7-14)21-11-10-20-16-9-5-4-8-15(16)13-21/h4-5,8-11,13-14,17H,1-3,6-7,12H2,(H2,19,22). The van der Waals surface area contributed by atoms with Crippen LogP contribution in [0.3, 0.4) is 0 Å². The molecule has 2 N–H and O–H groups in total. The van der Waals surface area contributed by atoms with E-state index >= 15 is 0 Å². The molecule has 1 fully saturated rings. The molecule has 3 rings (SSSR count). The highest BCUT2D eigenvalue weighted by molar-refractivity contribution is 5.74. The van der Waals surface area contributed by atoms with Crippen molar-refractivity contribution in [3.8, 4) is 0 Å². The maximum Gasteiger partial charge on any atom is 0.219 e. The molecule has 1 heterocycles.